The molecule has 0 aliphatic carbocycles. The Morgan fingerprint density at radius 1 is 1.22 bits per heavy atom. The minimum atomic E-state index is -0.0279. The van der Waals surface area contributed by atoms with Crippen molar-refractivity contribution in [2.24, 2.45) is 5.73 Å². The fourth-order valence-corrected chi connectivity index (χ4v) is 2.43. The van der Waals surface area contributed by atoms with Crippen LogP contribution in [0.3, 0.4) is 0 Å². The fraction of sp³-hybridized carbons (Fsp3) is 0.571. The van der Waals surface area contributed by atoms with Crippen LogP contribution < -0.4 is 15.2 Å². The first-order chi connectivity index (χ1) is 8.72. The quantitative estimate of drug-likeness (QED) is 0.829. The molecule has 1 aromatic carbocycles. The number of rotatable bonds is 5. The van der Waals surface area contributed by atoms with Crippen LogP contribution in [-0.4, -0.2) is 13.2 Å². The molecule has 3 nitrogen and oxygen atoms in total. The average molecular weight is 270 g/mol. The molecule has 0 spiro atoms. The number of nitrogens with two attached hydrogens (primary N) is 1. The lowest BCUT2D eigenvalue weighted by Crippen LogP contribution is -2.17. The van der Waals surface area contributed by atoms with Crippen molar-refractivity contribution in [2.45, 2.75) is 38.6 Å². The summed E-state index contributed by atoms with van der Waals surface area (Å²) in [6.07, 6.45) is 4.48. The molecule has 0 aromatic heterocycles. The lowest BCUT2D eigenvalue weighted by Gasteiger charge is -2.21. The SMILES string of the molecule is CCCCCC(N)c1cc2c(cc1Cl)OCCO2. The fourth-order valence-electron chi connectivity index (χ4n) is 2.13. The second kappa shape index (κ2) is 6.30. The standard InChI is InChI=1S/C14H20ClNO2/c1-2-3-4-5-12(16)10-8-13-14(9-11(10)15)18-7-6-17-13/h8-9,12H,2-7,16H2,1H3. The molecule has 100 valence electrons. The summed E-state index contributed by atoms with van der Waals surface area (Å²) in [5.41, 5.74) is 7.14. The molecule has 0 saturated heterocycles. The summed E-state index contributed by atoms with van der Waals surface area (Å²) in [4.78, 5) is 0. The van der Waals surface area contributed by atoms with Crippen LogP contribution in [0.4, 0.5) is 0 Å². The summed E-state index contributed by atoms with van der Waals surface area (Å²) in [6, 6.07) is 3.71. The Kier molecular flexibility index (Phi) is 4.72. The van der Waals surface area contributed by atoms with E-state index in [9.17, 15) is 0 Å². The van der Waals surface area contributed by atoms with Crippen molar-refractivity contribution >= 4 is 11.6 Å². The Morgan fingerprint density at radius 2 is 1.89 bits per heavy atom. The second-order valence-corrected chi connectivity index (χ2v) is 5.03. The largest absolute Gasteiger partial charge is 0.486 e. The number of fused-ring (bicyclic) bond motifs is 1. The lowest BCUT2D eigenvalue weighted by molar-refractivity contribution is 0.171. The van der Waals surface area contributed by atoms with Crippen molar-refractivity contribution in [1.82, 2.24) is 0 Å². The van der Waals surface area contributed by atoms with E-state index in [1.165, 1.54) is 12.8 Å². The highest BCUT2D eigenvalue weighted by Crippen LogP contribution is 2.38. The highest BCUT2D eigenvalue weighted by Gasteiger charge is 2.18. The maximum absolute atomic E-state index is 6.25. The molecule has 18 heavy (non-hydrogen) atoms. The first-order valence-corrected chi connectivity index (χ1v) is 6.94. The summed E-state index contributed by atoms with van der Waals surface area (Å²) >= 11 is 6.25. The molecule has 0 amide bonds. The van der Waals surface area contributed by atoms with Crippen molar-refractivity contribution in [2.75, 3.05) is 13.2 Å². The van der Waals surface area contributed by atoms with Gasteiger partial charge in [-0.2, -0.15) is 0 Å². The van der Waals surface area contributed by atoms with E-state index in [0.29, 0.717) is 18.2 Å². The molecule has 0 radical (unpaired) electrons. The molecule has 2 N–H and O–H groups in total. The molecule has 4 heteroatoms. The minimum Gasteiger partial charge on any atom is -0.486 e. The predicted octanol–water partition coefficient (Wildman–Crippen LogP) is 3.69. The maximum atomic E-state index is 6.25. The van der Waals surface area contributed by atoms with E-state index in [1.54, 1.807) is 0 Å². The van der Waals surface area contributed by atoms with E-state index >= 15 is 0 Å². The zero-order chi connectivity index (χ0) is 13.0. The van der Waals surface area contributed by atoms with Gasteiger partial charge in [-0.25, -0.2) is 0 Å². The Hall–Kier alpha value is -0.930. The van der Waals surface area contributed by atoms with Gasteiger partial charge in [-0.3, -0.25) is 0 Å². The van der Waals surface area contributed by atoms with E-state index in [1.807, 2.05) is 12.1 Å². The van der Waals surface area contributed by atoms with Gasteiger partial charge in [0.15, 0.2) is 11.5 Å². The molecule has 0 bridgehead atoms. The number of ether oxygens (including phenoxy) is 2. The Labute approximate surface area is 113 Å². The van der Waals surface area contributed by atoms with E-state index in [0.717, 1.165) is 29.9 Å². The van der Waals surface area contributed by atoms with Crippen molar-refractivity contribution < 1.29 is 9.47 Å². The van der Waals surface area contributed by atoms with E-state index in [2.05, 4.69) is 6.92 Å². The first-order valence-electron chi connectivity index (χ1n) is 6.57. The molecule has 1 heterocycles. The summed E-state index contributed by atoms with van der Waals surface area (Å²) in [7, 11) is 0. The highest BCUT2D eigenvalue weighted by molar-refractivity contribution is 6.31. The molecule has 1 atom stereocenters. The van der Waals surface area contributed by atoms with Crippen molar-refractivity contribution in [3.8, 4) is 11.5 Å². The van der Waals surface area contributed by atoms with Crippen LogP contribution in [-0.2, 0) is 0 Å². The van der Waals surface area contributed by atoms with Gasteiger partial charge in [0.2, 0.25) is 0 Å². The second-order valence-electron chi connectivity index (χ2n) is 4.62. The molecular weight excluding hydrogens is 250 g/mol. The van der Waals surface area contributed by atoms with Crippen molar-refractivity contribution in [3.05, 3.63) is 22.7 Å². The summed E-state index contributed by atoms with van der Waals surface area (Å²) in [6.45, 7) is 3.34. The third kappa shape index (κ3) is 3.09. The number of hydrogen-bond donors (Lipinski definition) is 1. The summed E-state index contributed by atoms with van der Waals surface area (Å²) < 4.78 is 11.0. The van der Waals surface area contributed by atoms with Gasteiger partial charge in [0.25, 0.3) is 0 Å². The third-order valence-electron chi connectivity index (χ3n) is 3.18. The van der Waals surface area contributed by atoms with Crippen LogP contribution in [0.2, 0.25) is 5.02 Å². The van der Waals surface area contributed by atoms with Gasteiger partial charge in [0.05, 0.1) is 0 Å². The average Bonchev–Trinajstić information content (AvgIpc) is 2.38. The zero-order valence-corrected chi connectivity index (χ0v) is 11.5. The van der Waals surface area contributed by atoms with Gasteiger partial charge in [0.1, 0.15) is 13.2 Å². The Bertz CT molecular complexity index is 409. The van der Waals surface area contributed by atoms with E-state index in [4.69, 9.17) is 26.8 Å². The molecule has 1 aromatic rings. The van der Waals surface area contributed by atoms with E-state index in [-0.39, 0.29) is 6.04 Å². The number of hydrogen-bond acceptors (Lipinski definition) is 3. The number of unbranched alkanes of at least 4 members (excludes halogenated alkanes) is 2. The van der Waals surface area contributed by atoms with Crippen LogP contribution >= 0.6 is 11.6 Å². The molecule has 1 aliphatic heterocycles. The van der Waals surface area contributed by atoms with Gasteiger partial charge < -0.3 is 15.2 Å². The van der Waals surface area contributed by atoms with Crippen molar-refractivity contribution in [3.63, 3.8) is 0 Å². The maximum Gasteiger partial charge on any atom is 0.162 e. The molecule has 0 fully saturated rings. The molecule has 1 aliphatic rings. The Morgan fingerprint density at radius 3 is 2.56 bits per heavy atom. The van der Waals surface area contributed by atoms with Gasteiger partial charge in [-0.15, -0.1) is 0 Å². The topological polar surface area (TPSA) is 44.5 Å². The molecule has 2 rings (SSSR count). The minimum absolute atomic E-state index is 0.0279. The molecule has 1 unspecified atom stereocenters. The number of benzene rings is 1. The van der Waals surface area contributed by atoms with Gasteiger partial charge in [-0.1, -0.05) is 37.8 Å². The molecule has 0 saturated carbocycles. The van der Waals surface area contributed by atoms with Crippen molar-refractivity contribution in [1.29, 1.82) is 0 Å². The van der Waals surface area contributed by atoms with Crippen LogP contribution in [0.1, 0.15) is 44.2 Å². The van der Waals surface area contributed by atoms with Gasteiger partial charge in [-0.05, 0) is 18.1 Å². The first kappa shape index (κ1) is 13.5. The normalized spacial score (nSPS) is 15.5. The van der Waals surface area contributed by atoms with Crippen LogP contribution in [0.15, 0.2) is 12.1 Å². The predicted molar refractivity (Wildman–Crippen MR) is 73.5 cm³/mol. The van der Waals surface area contributed by atoms with E-state index < -0.39 is 0 Å². The highest BCUT2D eigenvalue weighted by atomic mass is 35.5. The lowest BCUT2D eigenvalue weighted by atomic mass is 10.0. The summed E-state index contributed by atoms with van der Waals surface area (Å²) in [5.74, 6) is 1.47. The summed E-state index contributed by atoms with van der Waals surface area (Å²) in [5, 5.41) is 0.670. The van der Waals surface area contributed by atoms with Gasteiger partial charge >= 0.3 is 0 Å². The molecular formula is C14H20ClNO2. The zero-order valence-electron chi connectivity index (χ0n) is 10.7. The number of halogens is 1. The van der Waals surface area contributed by atoms with Crippen LogP contribution in [0, 0.1) is 0 Å². The monoisotopic (exact) mass is 269 g/mol. The van der Waals surface area contributed by atoms with Gasteiger partial charge in [0, 0.05) is 17.1 Å². The Balaban J connectivity index is 2.12. The smallest absolute Gasteiger partial charge is 0.162 e. The van der Waals surface area contributed by atoms with Crippen LogP contribution in [0.5, 0.6) is 11.5 Å². The third-order valence-corrected chi connectivity index (χ3v) is 3.51. The van der Waals surface area contributed by atoms with Crippen LogP contribution in [0.25, 0.3) is 0 Å².